The highest BCUT2D eigenvalue weighted by Gasteiger charge is 2.27. The molecule has 1 aromatic rings. The smallest absolute Gasteiger partial charge is 0.339 e. The molecule has 0 aromatic heterocycles. The van der Waals surface area contributed by atoms with E-state index in [0.29, 0.717) is 30.3 Å². The zero-order valence-corrected chi connectivity index (χ0v) is 26.6. The van der Waals surface area contributed by atoms with Crippen molar-refractivity contribution in [3.05, 3.63) is 28.8 Å². The van der Waals surface area contributed by atoms with Gasteiger partial charge in [-0.05, 0) is 43.2 Å². The van der Waals surface area contributed by atoms with Gasteiger partial charge in [0.2, 0.25) is 0 Å². The molecule has 0 saturated heterocycles. The van der Waals surface area contributed by atoms with E-state index in [1.165, 1.54) is 57.1 Å². The topological polar surface area (TPSA) is 118 Å². The van der Waals surface area contributed by atoms with Gasteiger partial charge in [-0.25, -0.2) is 19.6 Å². The Morgan fingerprint density at radius 1 is 0.698 bits per heavy atom. The first-order valence-electron chi connectivity index (χ1n) is 16.4. The van der Waals surface area contributed by atoms with E-state index in [9.17, 15) is 14.4 Å². The van der Waals surface area contributed by atoms with Crippen LogP contribution in [0.1, 0.15) is 154 Å². The third kappa shape index (κ3) is 12.8. The van der Waals surface area contributed by atoms with E-state index >= 15 is 0 Å². The van der Waals surface area contributed by atoms with Gasteiger partial charge in [0.25, 0.3) is 0 Å². The first kappa shape index (κ1) is 35.3. The summed E-state index contributed by atoms with van der Waals surface area (Å²) in [7, 11) is 0. The molecule has 0 spiro atoms. The van der Waals surface area contributed by atoms with Crippen LogP contribution in [-0.4, -0.2) is 43.0 Å². The zero-order chi connectivity index (χ0) is 30.7. The molecule has 1 aromatic carbocycles. The van der Waals surface area contributed by atoms with Crippen LogP contribution < -0.4 is 0 Å². The van der Waals surface area contributed by atoms with Crippen LogP contribution in [0.25, 0.3) is 0 Å². The second-order valence-corrected chi connectivity index (χ2v) is 12.6. The fourth-order valence-corrected chi connectivity index (χ4v) is 6.63. The highest BCUT2D eigenvalue weighted by Crippen LogP contribution is 2.32. The van der Waals surface area contributed by atoms with Crippen molar-refractivity contribution in [1.29, 1.82) is 0 Å². The molecule has 0 bridgehead atoms. The van der Waals surface area contributed by atoms with Crippen molar-refractivity contribution in [3.63, 3.8) is 0 Å². The Hall–Kier alpha value is -2.14. The van der Waals surface area contributed by atoms with Crippen LogP contribution in [-0.2, 0) is 23.6 Å². The lowest BCUT2D eigenvalue weighted by atomic mass is 9.87. The van der Waals surface area contributed by atoms with Gasteiger partial charge in [0.05, 0.1) is 53.4 Å². The molecule has 0 aliphatic heterocycles. The highest BCUT2D eigenvalue weighted by atomic mass is 32.2. The summed E-state index contributed by atoms with van der Waals surface area (Å²) in [6.07, 6.45) is 19.5. The van der Waals surface area contributed by atoms with E-state index in [4.69, 9.17) is 19.5 Å². The Morgan fingerprint density at radius 3 is 1.72 bits per heavy atom. The molecule has 0 unspecified atom stereocenters. The number of esters is 3. The highest BCUT2D eigenvalue weighted by molar-refractivity contribution is 7.94. The third-order valence-electron chi connectivity index (χ3n) is 8.61. The van der Waals surface area contributed by atoms with E-state index in [1.807, 2.05) is 0 Å². The van der Waals surface area contributed by atoms with Gasteiger partial charge in [0.1, 0.15) is 0 Å². The first-order valence-corrected chi connectivity index (χ1v) is 17.1. The average Bonchev–Trinajstić information content (AvgIpc) is 3.03. The quantitative estimate of drug-likeness (QED) is 0.0400. The second kappa shape index (κ2) is 20.7. The molecular formula is C33H50O9S. The van der Waals surface area contributed by atoms with E-state index in [0.717, 1.165) is 64.2 Å². The first-order chi connectivity index (χ1) is 21.0. The molecule has 2 aliphatic carbocycles. The lowest BCUT2D eigenvalue weighted by Gasteiger charge is -2.21. The number of carbonyl (C=O) groups is 3. The number of benzene rings is 1. The molecule has 1 N–H and O–H groups in total. The van der Waals surface area contributed by atoms with Crippen molar-refractivity contribution < 1.29 is 43.2 Å². The maximum Gasteiger partial charge on any atom is 0.339 e. The Kier molecular flexibility index (Phi) is 17.1. The number of ether oxygens (including phenoxy) is 3. The van der Waals surface area contributed by atoms with Crippen molar-refractivity contribution in [2.45, 2.75) is 127 Å². The molecule has 0 amide bonds. The van der Waals surface area contributed by atoms with Gasteiger partial charge >= 0.3 is 17.9 Å². The van der Waals surface area contributed by atoms with Crippen molar-refractivity contribution >= 4 is 30.0 Å². The largest absolute Gasteiger partial charge is 0.462 e. The average molecular weight is 623 g/mol. The maximum atomic E-state index is 13.3. The molecule has 0 radical (unpaired) electrons. The standard InChI is InChI=1S/C33H50O9S/c1-2-3-4-5-6-13-20-38-32(35)28-23-27(31(34)39-21-18-25-14-9-7-10-15-25)24-29(30(28)43-42-41-37)33(36)40-22-19-26-16-11-8-12-17-26/h23-26,37H,2-22H2,1H3. The number of unbranched alkanes of at least 4 members (excludes halogenated alkanes) is 5. The summed E-state index contributed by atoms with van der Waals surface area (Å²) in [6.45, 7) is 2.84. The summed E-state index contributed by atoms with van der Waals surface area (Å²) >= 11 is 0.476. The van der Waals surface area contributed by atoms with Gasteiger partial charge in [-0.1, -0.05) is 108 Å². The molecule has 0 atom stereocenters. The summed E-state index contributed by atoms with van der Waals surface area (Å²) < 4.78 is 21.4. The number of carbonyl (C=O) groups excluding carboxylic acids is 3. The fraction of sp³-hybridized carbons (Fsp3) is 0.727. The molecule has 2 saturated carbocycles. The lowest BCUT2D eigenvalue weighted by Crippen LogP contribution is -2.18. The van der Waals surface area contributed by atoms with Crippen molar-refractivity contribution in [1.82, 2.24) is 0 Å². The summed E-state index contributed by atoms with van der Waals surface area (Å²) in [5.41, 5.74) is -0.0726. The van der Waals surface area contributed by atoms with Gasteiger partial charge < -0.3 is 14.2 Å². The van der Waals surface area contributed by atoms with Gasteiger partial charge in [0.15, 0.2) is 0 Å². The molecule has 2 fully saturated rings. The van der Waals surface area contributed by atoms with Gasteiger partial charge in [-0.15, -0.1) is 4.33 Å². The zero-order valence-electron chi connectivity index (χ0n) is 25.8. The number of hydrogen-bond acceptors (Lipinski definition) is 10. The van der Waals surface area contributed by atoms with E-state index in [-0.39, 0.29) is 41.4 Å². The van der Waals surface area contributed by atoms with Gasteiger partial charge in [0, 0.05) is 0 Å². The second-order valence-electron chi connectivity index (χ2n) is 11.9. The summed E-state index contributed by atoms with van der Waals surface area (Å²) in [5.74, 6) is -1.00. The molecule has 10 heteroatoms. The monoisotopic (exact) mass is 622 g/mol. The van der Waals surface area contributed by atoms with Crippen LogP contribution >= 0.6 is 12.0 Å². The SMILES string of the molecule is CCCCCCCCOC(=O)c1cc(C(=O)OCCC2CCCCC2)cc(C(=O)OCCC2CCCCC2)c1SOOO. The molecule has 9 nitrogen and oxygen atoms in total. The van der Waals surface area contributed by atoms with Gasteiger partial charge in [-0.2, -0.15) is 0 Å². The molecular weight excluding hydrogens is 572 g/mol. The Morgan fingerprint density at radius 2 is 1.19 bits per heavy atom. The maximum absolute atomic E-state index is 13.3. The van der Waals surface area contributed by atoms with Crippen LogP contribution in [0.2, 0.25) is 0 Å². The summed E-state index contributed by atoms with van der Waals surface area (Å²) in [6, 6.07) is 2.69. The number of hydrogen-bond donors (Lipinski definition) is 1. The Labute approximate surface area is 260 Å². The van der Waals surface area contributed by atoms with Crippen molar-refractivity contribution in [3.8, 4) is 0 Å². The van der Waals surface area contributed by atoms with Crippen LogP contribution in [0.3, 0.4) is 0 Å². The fourth-order valence-electron chi connectivity index (χ4n) is 6.06. The minimum atomic E-state index is -0.717. The van der Waals surface area contributed by atoms with E-state index in [1.54, 1.807) is 0 Å². The van der Waals surface area contributed by atoms with E-state index in [2.05, 4.69) is 16.3 Å². The predicted octanol–water partition coefficient (Wildman–Crippen LogP) is 8.89. The summed E-state index contributed by atoms with van der Waals surface area (Å²) in [4.78, 5) is 39.8. The third-order valence-corrected chi connectivity index (χ3v) is 9.35. The van der Waals surface area contributed by atoms with Crippen molar-refractivity contribution in [2.75, 3.05) is 19.8 Å². The van der Waals surface area contributed by atoms with Crippen LogP contribution in [0, 0.1) is 11.8 Å². The number of rotatable bonds is 19. The van der Waals surface area contributed by atoms with Crippen LogP contribution in [0.15, 0.2) is 17.0 Å². The minimum Gasteiger partial charge on any atom is -0.462 e. The molecule has 0 heterocycles. The summed E-state index contributed by atoms with van der Waals surface area (Å²) in [5, 5.41) is 12.6. The Bertz CT molecular complexity index is 987. The molecule has 2 aliphatic rings. The predicted molar refractivity (Wildman–Crippen MR) is 164 cm³/mol. The Balaban J connectivity index is 1.74. The minimum absolute atomic E-state index is 0.0309. The lowest BCUT2D eigenvalue weighted by molar-refractivity contribution is -0.432. The van der Waals surface area contributed by atoms with Crippen LogP contribution in [0.5, 0.6) is 0 Å². The van der Waals surface area contributed by atoms with Crippen molar-refractivity contribution in [2.24, 2.45) is 11.8 Å². The molecule has 43 heavy (non-hydrogen) atoms. The van der Waals surface area contributed by atoms with E-state index < -0.39 is 17.9 Å². The van der Waals surface area contributed by atoms with Gasteiger partial charge in [-0.3, -0.25) is 0 Å². The van der Waals surface area contributed by atoms with Crippen LogP contribution in [0.4, 0.5) is 0 Å². The molecule has 3 rings (SSSR count). The molecule has 242 valence electrons. The normalized spacial score (nSPS) is 16.1.